The molecule has 1 aromatic carbocycles. The third-order valence-corrected chi connectivity index (χ3v) is 6.29. The van der Waals surface area contributed by atoms with Crippen LogP contribution in [-0.2, 0) is 29.1 Å². The van der Waals surface area contributed by atoms with Crippen LogP contribution in [0.25, 0.3) is 0 Å². The van der Waals surface area contributed by atoms with Crippen LogP contribution in [0.4, 0.5) is 0 Å². The number of fused-ring (bicyclic) bond motifs is 1. The minimum atomic E-state index is 0.0709. The maximum Gasteiger partial charge on any atom is 0.227 e. The SMILES string of the molecule is CC(=O)N1CCn2c(nnc2C2CCCN(C(=O)Cc3ccc(C)c(C)c3)C2)C1. The van der Waals surface area contributed by atoms with E-state index in [0.29, 0.717) is 26.1 Å². The molecule has 0 bridgehead atoms. The van der Waals surface area contributed by atoms with Crippen molar-refractivity contribution in [3.8, 4) is 0 Å². The molecule has 0 spiro atoms. The molecule has 0 N–H and O–H groups in total. The summed E-state index contributed by atoms with van der Waals surface area (Å²) in [4.78, 5) is 28.4. The van der Waals surface area contributed by atoms with E-state index in [0.717, 1.165) is 43.1 Å². The highest BCUT2D eigenvalue weighted by molar-refractivity contribution is 5.79. The average Bonchev–Trinajstić information content (AvgIpc) is 3.14. The zero-order chi connectivity index (χ0) is 20.5. The molecular formula is C22H29N5O2. The Balaban J connectivity index is 1.44. The predicted octanol–water partition coefficient (Wildman–Crippen LogP) is 2.21. The first kappa shape index (κ1) is 19.6. The molecule has 2 aliphatic rings. The van der Waals surface area contributed by atoms with Crippen molar-refractivity contribution < 1.29 is 9.59 Å². The molecule has 0 radical (unpaired) electrons. The van der Waals surface area contributed by atoms with Crippen LogP contribution in [0.5, 0.6) is 0 Å². The molecule has 1 aromatic heterocycles. The summed E-state index contributed by atoms with van der Waals surface area (Å²) in [5.74, 6) is 2.27. The van der Waals surface area contributed by atoms with Gasteiger partial charge < -0.3 is 14.4 Å². The van der Waals surface area contributed by atoms with Crippen molar-refractivity contribution in [3.63, 3.8) is 0 Å². The topological polar surface area (TPSA) is 71.3 Å². The fourth-order valence-corrected chi connectivity index (χ4v) is 4.37. The number of nitrogens with zero attached hydrogens (tertiary/aromatic N) is 5. The average molecular weight is 396 g/mol. The molecule has 29 heavy (non-hydrogen) atoms. The van der Waals surface area contributed by atoms with Gasteiger partial charge in [-0.25, -0.2) is 0 Å². The van der Waals surface area contributed by atoms with Crippen LogP contribution in [0.3, 0.4) is 0 Å². The fourth-order valence-electron chi connectivity index (χ4n) is 4.37. The summed E-state index contributed by atoms with van der Waals surface area (Å²) in [5.41, 5.74) is 3.55. The standard InChI is InChI=1S/C22H29N5O2/c1-15-6-7-18(11-16(15)2)12-21(29)26-8-4-5-19(13-26)22-24-23-20-14-25(17(3)28)9-10-27(20)22/h6-7,11,19H,4-5,8-10,12-14H2,1-3H3. The number of likely N-dealkylation sites (tertiary alicyclic amines) is 1. The van der Waals surface area contributed by atoms with Crippen molar-refractivity contribution >= 4 is 11.8 Å². The number of aromatic nitrogens is 3. The van der Waals surface area contributed by atoms with Gasteiger partial charge in [0, 0.05) is 39.0 Å². The van der Waals surface area contributed by atoms with Crippen molar-refractivity contribution in [1.29, 1.82) is 0 Å². The number of carbonyl (C=O) groups excluding carboxylic acids is 2. The monoisotopic (exact) mass is 395 g/mol. The van der Waals surface area contributed by atoms with Gasteiger partial charge in [-0.15, -0.1) is 10.2 Å². The number of rotatable bonds is 3. The molecule has 0 aliphatic carbocycles. The van der Waals surface area contributed by atoms with Gasteiger partial charge >= 0.3 is 0 Å². The third-order valence-electron chi connectivity index (χ3n) is 6.29. The first-order valence-electron chi connectivity index (χ1n) is 10.4. The fraction of sp³-hybridized carbons (Fsp3) is 0.545. The Hall–Kier alpha value is -2.70. The van der Waals surface area contributed by atoms with Crippen LogP contribution in [0, 0.1) is 13.8 Å². The quantitative estimate of drug-likeness (QED) is 0.799. The molecule has 1 unspecified atom stereocenters. The Morgan fingerprint density at radius 1 is 1.07 bits per heavy atom. The summed E-state index contributed by atoms with van der Waals surface area (Å²) in [6, 6.07) is 6.26. The lowest BCUT2D eigenvalue weighted by atomic mass is 9.96. The van der Waals surface area contributed by atoms with Crippen LogP contribution in [0.2, 0.25) is 0 Å². The highest BCUT2D eigenvalue weighted by Gasteiger charge is 2.31. The summed E-state index contributed by atoms with van der Waals surface area (Å²) >= 11 is 0. The first-order chi connectivity index (χ1) is 13.9. The van der Waals surface area contributed by atoms with E-state index in [4.69, 9.17) is 0 Å². The molecule has 4 rings (SSSR count). The molecule has 1 fully saturated rings. The van der Waals surface area contributed by atoms with E-state index in [1.807, 2.05) is 4.90 Å². The van der Waals surface area contributed by atoms with Gasteiger partial charge in [-0.1, -0.05) is 18.2 Å². The van der Waals surface area contributed by atoms with Crippen LogP contribution >= 0.6 is 0 Å². The van der Waals surface area contributed by atoms with Crippen LogP contribution in [0.1, 0.15) is 54.0 Å². The summed E-state index contributed by atoms with van der Waals surface area (Å²) in [6.07, 6.45) is 2.44. The van der Waals surface area contributed by atoms with Crippen LogP contribution < -0.4 is 0 Å². The molecule has 7 nitrogen and oxygen atoms in total. The van der Waals surface area contributed by atoms with Crippen molar-refractivity contribution in [2.45, 2.75) is 59.0 Å². The second-order valence-electron chi connectivity index (χ2n) is 8.34. The normalized spacial score (nSPS) is 19.2. The van der Waals surface area contributed by atoms with E-state index in [1.54, 1.807) is 11.8 Å². The van der Waals surface area contributed by atoms with E-state index in [2.05, 4.69) is 46.8 Å². The molecular weight excluding hydrogens is 366 g/mol. The Morgan fingerprint density at radius 2 is 1.90 bits per heavy atom. The number of carbonyl (C=O) groups is 2. The van der Waals surface area contributed by atoms with E-state index in [9.17, 15) is 9.59 Å². The van der Waals surface area contributed by atoms with Crippen molar-refractivity contribution in [3.05, 3.63) is 46.5 Å². The largest absolute Gasteiger partial charge is 0.342 e. The molecule has 2 amide bonds. The lowest BCUT2D eigenvalue weighted by molar-refractivity contribution is -0.132. The first-order valence-corrected chi connectivity index (χ1v) is 10.4. The van der Waals surface area contributed by atoms with Gasteiger partial charge in [0.15, 0.2) is 5.82 Å². The zero-order valence-electron chi connectivity index (χ0n) is 17.5. The summed E-state index contributed by atoms with van der Waals surface area (Å²) < 4.78 is 2.15. The maximum atomic E-state index is 12.9. The zero-order valence-corrected chi connectivity index (χ0v) is 17.5. The minimum absolute atomic E-state index is 0.0709. The van der Waals surface area contributed by atoms with Gasteiger partial charge in [0.25, 0.3) is 0 Å². The number of piperidine rings is 1. The molecule has 7 heteroatoms. The van der Waals surface area contributed by atoms with Crippen LogP contribution in [0.15, 0.2) is 18.2 Å². The minimum Gasteiger partial charge on any atom is -0.342 e. The summed E-state index contributed by atoms with van der Waals surface area (Å²) in [5, 5.41) is 8.79. The van der Waals surface area contributed by atoms with Crippen LogP contribution in [-0.4, -0.2) is 56.0 Å². The number of aryl methyl sites for hydroxylation is 2. The number of amides is 2. The molecule has 154 valence electrons. The summed E-state index contributed by atoms with van der Waals surface area (Å²) in [7, 11) is 0. The van der Waals surface area contributed by atoms with Crippen molar-refractivity contribution in [1.82, 2.24) is 24.6 Å². The maximum absolute atomic E-state index is 12.9. The highest BCUT2D eigenvalue weighted by atomic mass is 16.2. The number of hydrogen-bond acceptors (Lipinski definition) is 4. The van der Waals surface area contributed by atoms with E-state index in [1.165, 1.54) is 11.1 Å². The Kier molecular flexibility index (Phi) is 5.39. The Labute approximate surface area is 171 Å². The molecule has 2 aromatic rings. The van der Waals surface area contributed by atoms with Gasteiger partial charge in [0.1, 0.15) is 5.82 Å². The Morgan fingerprint density at radius 3 is 2.66 bits per heavy atom. The van der Waals surface area contributed by atoms with E-state index >= 15 is 0 Å². The Bertz CT molecular complexity index is 935. The van der Waals surface area contributed by atoms with Crippen molar-refractivity contribution in [2.24, 2.45) is 0 Å². The number of benzene rings is 1. The third kappa shape index (κ3) is 4.04. The van der Waals surface area contributed by atoms with Gasteiger partial charge in [-0.2, -0.15) is 0 Å². The molecule has 2 aliphatic heterocycles. The lowest BCUT2D eigenvalue weighted by Gasteiger charge is -2.33. The number of hydrogen-bond donors (Lipinski definition) is 0. The molecule has 3 heterocycles. The van der Waals surface area contributed by atoms with E-state index < -0.39 is 0 Å². The molecule has 1 saturated heterocycles. The van der Waals surface area contributed by atoms with E-state index in [-0.39, 0.29) is 17.7 Å². The predicted molar refractivity (Wildman–Crippen MR) is 109 cm³/mol. The smallest absolute Gasteiger partial charge is 0.227 e. The summed E-state index contributed by atoms with van der Waals surface area (Å²) in [6.45, 7) is 9.20. The van der Waals surface area contributed by atoms with Crippen molar-refractivity contribution in [2.75, 3.05) is 19.6 Å². The highest BCUT2D eigenvalue weighted by Crippen LogP contribution is 2.28. The van der Waals surface area contributed by atoms with Gasteiger partial charge in [-0.3, -0.25) is 9.59 Å². The second kappa shape index (κ2) is 7.97. The van der Waals surface area contributed by atoms with Gasteiger partial charge in [0.2, 0.25) is 11.8 Å². The molecule has 1 atom stereocenters. The molecule has 0 saturated carbocycles. The van der Waals surface area contributed by atoms with Gasteiger partial charge in [-0.05, 0) is 43.4 Å². The van der Waals surface area contributed by atoms with Gasteiger partial charge in [0.05, 0.1) is 13.0 Å². The lowest BCUT2D eigenvalue weighted by Crippen LogP contribution is -2.41. The second-order valence-corrected chi connectivity index (χ2v) is 8.34.